The second-order valence-electron chi connectivity index (χ2n) is 9.61. The first-order valence-corrected chi connectivity index (χ1v) is 14.1. The molecule has 0 saturated heterocycles. The SMILES string of the molecule is COC(=O)C1=C(C(=O)OC)N(c2ccc(-c3nnc(C(=O)Nc4ccc(C)cc4)s3)cc2)C(N)=C(C#N)C1c1ccccc1. The quantitative estimate of drug-likeness (QED) is 0.283. The van der Waals surface area contributed by atoms with Crippen molar-refractivity contribution in [1.29, 1.82) is 5.26 Å². The monoisotopic (exact) mass is 606 g/mol. The van der Waals surface area contributed by atoms with Crippen molar-refractivity contribution in [2.45, 2.75) is 12.8 Å². The number of amides is 1. The first-order chi connectivity index (χ1) is 21.3. The number of nitrogens with zero attached hydrogens (tertiary/aromatic N) is 4. The van der Waals surface area contributed by atoms with Crippen molar-refractivity contribution in [3.8, 4) is 16.6 Å². The molecule has 0 fully saturated rings. The van der Waals surface area contributed by atoms with Gasteiger partial charge in [-0.25, -0.2) is 9.59 Å². The van der Waals surface area contributed by atoms with Crippen molar-refractivity contribution in [2.24, 2.45) is 5.73 Å². The van der Waals surface area contributed by atoms with E-state index >= 15 is 0 Å². The lowest BCUT2D eigenvalue weighted by Gasteiger charge is -2.35. The highest BCUT2D eigenvalue weighted by atomic mass is 32.1. The lowest BCUT2D eigenvalue weighted by molar-refractivity contribution is -0.139. The topological polar surface area (TPSA) is 161 Å². The Morgan fingerprint density at radius 2 is 1.59 bits per heavy atom. The van der Waals surface area contributed by atoms with E-state index in [1.54, 1.807) is 66.7 Å². The Labute approximate surface area is 256 Å². The molecule has 1 amide bonds. The van der Waals surface area contributed by atoms with Gasteiger partial charge in [0.15, 0.2) is 0 Å². The van der Waals surface area contributed by atoms with E-state index in [0.717, 1.165) is 16.9 Å². The Morgan fingerprint density at radius 3 is 2.20 bits per heavy atom. The van der Waals surface area contributed by atoms with Gasteiger partial charge in [-0.1, -0.05) is 59.4 Å². The average molecular weight is 607 g/mol. The summed E-state index contributed by atoms with van der Waals surface area (Å²) in [6.45, 7) is 1.96. The molecule has 1 unspecified atom stereocenters. The van der Waals surface area contributed by atoms with Crippen molar-refractivity contribution >= 4 is 40.6 Å². The van der Waals surface area contributed by atoms with Gasteiger partial charge in [0.2, 0.25) is 5.01 Å². The van der Waals surface area contributed by atoms with Gasteiger partial charge in [0.1, 0.15) is 16.5 Å². The molecule has 0 radical (unpaired) electrons. The predicted octanol–water partition coefficient (Wildman–Crippen LogP) is 4.66. The van der Waals surface area contributed by atoms with E-state index in [2.05, 4.69) is 21.6 Å². The number of rotatable bonds is 7. The third kappa shape index (κ3) is 5.64. The van der Waals surface area contributed by atoms with Gasteiger partial charge in [-0.05, 0) is 48.9 Å². The van der Waals surface area contributed by atoms with Gasteiger partial charge in [-0.15, -0.1) is 10.2 Å². The van der Waals surface area contributed by atoms with Crippen LogP contribution in [0.4, 0.5) is 11.4 Å². The maximum absolute atomic E-state index is 13.3. The highest BCUT2D eigenvalue weighted by Gasteiger charge is 2.43. The van der Waals surface area contributed by atoms with Crippen molar-refractivity contribution in [2.75, 3.05) is 24.4 Å². The van der Waals surface area contributed by atoms with Crippen LogP contribution in [0.25, 0.3) is 10.6 Å². The summed E-state index contributed by atoms with van der Waals surface area (Å²) in [6, 6.07) is 25.0. The number of ether oxygens (including phenoxy) is 2. The maximum atomic E-state index is 13.3. The number of hydrogen-bond acceptors (Lipinski definition) is 11. The molecule has 44 heavy (non-hydrogen) atoms. The number of nitrogens with two attached hydrogens (primary N) is 1. The lowest BCUT2D eigenvalue weighted by Crippen LogP contribution is -2.40. The zero-order valence-corrected chi connectivity index (χ0v) is 24.7. The number of esters is 2. The van der Waals surface area contributed by atoms with E-state index in [-0.39, 0.29) is 33.6 Å². The molecule has 220 valence electrons. The highest BCUT2D eigenvalue weighted by Crippen LogP contribution is 2.43. The van der Waals surface area contributed by atoms with Gasteiger partial charge in [0.05, 0.1) is 37.4 Å². The molecular formula is C32H26N6O5S. The van der Waals surface area contributed by atoms with Crippen LogP contribution >= 0.6 is 11.3 Å². The number of nitrogens with one attached hydrogen (secondary N) is 1. The van der Waals surface area contributed by atoms with Crippen LogP contribution in [-0.2, 0) is 19.1 Å². The number of benzene rings is 3. The van der Waals surface area contributed by atoms with Crippen molar-refractivity contribution < 1.29 is 23.9 Å². The Morgan fingerprint density at radius 1 is 0.932 bits per heavy atom. The van der Waals surface area contributed by atoms with Gasteiger partial charge in [0, 0.05) is 16.9 Å². The van der Waals surface area contributed by atoms with Crippen LogP contribution in [0.3, 0.4) is 0 Å². The molecule has 2 heterocycles. The van der Waals surface area contributed by atoms with Gasteiger partial charge >= 0.3 is 11.9 Å². The number of hydrogen-bond donors (Lipinski definition) is 2. The number of nitriles is 1. The Hall–Kier alpha value is -5.80. The van der Waals surface area contributed by atoms with Gasteiger partial charge in [-0.3, -0.25) is 9.69 Å². The van der Waals surface area contributed by atoms with Crippen LogP contribution in [0.1, 0.15) is 26.8 Å². The third-order valence-corrected chi connectivity index (χ3v) is 7.88. The average Bonchev–Trinajstić information content (AvgIpc) is 3.56. The largest absolute Gasteiger partial charge is 0.466 e. The van der Waals surface area contributed by atoms with Gasteiger partial charge in [-0.2, -0.15) is 5.26 Å². The summed E-state index contributed by atoms with van der Waals surface area (Å²) in [7, 11) is 2.38. The summed E-state index contributed by atoms with van der Waals surface area (Å²) in [4.78, 5) is 40.5. The number of carbonyl (C=O) groups is 3. The molecular weight excluding hydrogens is 580 g/mol. The van der Waals surface area contributed by atoms with Crippen molar-refractivity contribution in [1.82, 2.24) is 10.2 Å². The first-order valence-electron chi connectivity index (χ1n) is 13.2. The molecule has 0 aliphatic carbocycles. The fourth-order valence-corrected chi connectivity index (χ4v) is 5.53. The second-order valence-corrected chi connectivity index (χ2v) is 10.6. The number of aryl methyl sites for hydroxylation is 1. The minimum Gasteiger partial charge on any atom is -0.466 e. The Kier molecular flexibility index (Phi) is 8.50. The van der Waals surface area contributed by atoms with E-state index in [1.807, 2.05) is 19.1 Å². The summed E-state index contributed by atoms with van der Waals surface area (Å²) in [5.41, 5.74) is 9.64. The van der Waals surface area contributed by atoms with Crippen LogP contribution in [0.2, 0.25) is 0 Å². The zero-order valence-electron chi connectivity index (χ0n) is 23.9. The minimum atomic E-state index is -0.968. The van der Waals surface area contributed by atoms with E-state index in [4.69, 9.17) is 15.2 Å². The molecule has 11 nitrogen and oxygen atoms in total. The van der Waals surface area contributed by atoms with Crippen LogP contribution in [-0.4, -0.2) is 42.3 Å². The molecule has 12 heteroatoms. The fourth-order valence-electron chi connectivity index (χ4n) is 4.79. The Bertz CT molecular complexity index is 1840. The number of carbonyl (C=O) groups excluding carboxylic acids is 3. The number of aromatic nitrogens is 2. The molecule has 0 spiro atoms. The molecule has 3 N–H and O–H groups in total. The second kappa shape index (κ2) is 12.6. The number of allylic oxidation sites excluding steroid dienone is 1. The maximum Gasteiger partial charge on any atom is 0.355 e. The Balaban J connectivity index is 1.52. The van der Waals surface area contributed by atoms with Crippen LogP contribution < -0.4 is 16.0 Å². The first kappa shape index (κ1) is 29.7. The lowest BCUT2D eigenvalue weighted by atomic mass is 9.81. The third-order valence-electron chi connectivity index (χ3n) is 6.91. The summed E-state index contributed by atoms with van der Waals surface area (Å²) in [6.07, 6.45) is 0. The number of anilines is 2. The molecule has 4 aromatic rings. The van der Waals surface area contributed by atoms with Gasteiger partial charge < -0.3 is 20.5 Å². The van der Waals surface area contributed by atoms with Crippen molar-refractivity contribution in [3.63, 3.8) is 0 Å². The van der Waals surface area contributed by atoms with Crippen LogP contribution in [0, 0.1) is 18.3 Å². The van der Waals surface area contributed by atoms with Crippen LogP contribution in [0.5, 0.6) is 0 Å². The molecule has 0 bridgehead atoms. The van der Waals surface area contributed by atoms with Crippen molar-refractivity contribution in [3.05, 3.63) is 118 Å². The van der Waals surface area contributed by atoms with Crippen LogP contribution in [0.15, 0.2) is 102 Å². The van der Waals surface area contributed by atoms with E-state index in [1.165, 1.54) is 19.1 Å². The van der Waals surface area contributed by atoms with E-state index < -0.39 is 17.9 Å². The minimum absolute atomic E-state index is 0.0480. The standard InChI is InChI=1S/C32H26N6O5S/c1-18-9-13-21(14-10-18)35-28(39)30-37-36-29(44-30)20-11-15-22(16-12-20)38-26(32(41)43-3)25(31(40)42-2)24(23(17-33)27(38)34)19-7-5-4-6-8-19/h4-16,24H,34H2,1-3H3,(H,35,39). The highest BCUT2D eigenvalue weighted by molar-refractivity contribution is 7.16. The normalized spacial score (nSPS) is 14.6. The molecule has 5 rings (SSSR count). The summed E-state index contributed by atoms with van der Waals surface area (Å²) in [5.74, 6) is -3.06. The number of methoxy groups -OCH3 is 2. The van der Waals surface area contributed by atoms with E-state index in [0.29, 0.717) is 27.5 Å². The fraction of sp³-hybridized carbons (Fsp3) is 0.125. The molecule has 1 aromatic heterocycles. The summed E-state index contributed by atoms with van der Waals surface area (Å²) < 4.78 is 10.1. The molecule has 1 atom stereocenters. The summed E-state index contributed by atoms with van der Waals surface area (Å²) >= 11 is 1.11. The summed E-state index contributed by atoms with van der Waals surface area (Å²) in [5, 5.41) is 21.9. The molecule has 3 aromatic carbocycles. The smallest absolute Gasteiger partial charge is 0.355 e. The molecule has 1 aliphatic rings. The van der Waals surface area contributed by atoms with Gasteiger partial charge in [0.25, 0.3) is 5.91 Å². The zero-order chi connectivity index (χ0) is 31.4. The van der Waals surface area contributed by atoms with E-state index in [9.17, 15) is 19.6 Å². The predicted molar refractivity (Wildman–Crippen MR) is 164 cm³/mol. The molecule has 1 aliphatic heterocycles. The molecule has 0 saturated carbocycles.